The van der Waals surface area contributed by atoms with Crippen molar-refractivity contribution in [3.05, 3.63) is 63.0 Å². The molecule has 0 aliphatic carbocycles. The number of carbonyl (C=O) groups is 1. The van der Waals surface area contributed by atoms with E-state index in [1.54, 1.807) is 0 Å². The third-order valence-corrected chi connectivity index (χ3v) is 4.30. The van der Waals surface area contributed by atoms with Gasteiger partial charge in [-0.3, -0.25) is 4.79 Å². The van der Waals surface area contributed by atoms with Crippen molar-refractivity contribution >= 4 is 43.5 Å². The number of carbonyl (C=O) groups excluding carboxylic acids is 1. The number of nitrogens with two attached hydrogens (primary N) is 1. The van der Waals surface area contributed by atoms with Crippen LogP contribution in [0.2, 0.25) is 0 Å². The minimum Gasteiger partial charge on any atom is -0.325 e. The maximum Gasteiger partial charge on any atom is 0.224 e. The average molecular weight is 412 g/mol. The molecule has 2 aromatic carbocycles. The van der Waals surface area contributed by atoms with Crippen LogP contribution in [0.1, 0.15) is 24.4 Å². The molecule has 5 heteroatoms. The van der Waals surface area contributed by atoms with Crippen LogP contribution >= 0.6 is 31.9 Å². The Kier molecular flexibility index (Phi) is 5.96. The summed E-state index contributed by atoms with van der Waals surface area (Å²) >= 11 is 6.80. The van der Waals surface area contributed by atoms with Crippen LogP contribution in [0.25, 0.3) is 0 Å². The van der Waals surface area contributed by atoms with Crippen molar-refractivity contribution < 1.29 is 4.79 Å². The third kappa shape index (κ3) is 4.95. The Morgan fingerprint density at radius 2 is 1.86 bits per heavy atom. The summed E-state index contributed by atoms with van der Waals surface area (Å²) in [4.78, 5) is 12.0. The largest absolute Gasteiger partial charge is 0.325 e. The Morgan fingerprint density at radius 1 is 1.14 bits per heavy atom. The normalized spacial score (nSPS) is 12.0. The summed E-state index contributed by atoms with van der Waals surface area (Å²) < 4.78 is 1.77. The highest BCUT2D eigenvalue weighted by molar-refractivity contribution is 9.11. The van der Waals surface area contributed by atoms with E-state index in [-0.39, 0.29) is 11.9 Å². The maximum absolute atomic E-state index is 12.0. The topological polar surface area (TPSA) is 55.1 Å². The van der Waals surface area contributed by atoms with Crippen LogP contribution in [0.5, 0.6) is 0 Å². The minimum atomic E-state index is -0.122. The Hall–Kier alpha value is -1.17. The first-order valence-electron chi connectivity index (χ1n) is 6.61. The number of amides is 1. The molecule has 3 nitrogen and oxygen atoms in total. The smallest absolute Gasteiger partial charge is 0.224 e. The van der Waals surface area contributed by atoms with E-state index in [1.807, 2.05) is 48.5 Å². The summed E-state index contributed by atoms with van der Waals surface area (Å²) in [5, 5.41) is 2.89. The number of hydrogen-bond acceptors (Lipinski definition) is 2. The van der Waals surface area contributed by atoms with E-state index in [2.05, 4.69) is 37.2 Å². The van der Waals surface area contributed by atoms with Crippen molar-refractivity contribution in [3.8, 4) is 0 Å². The van der Waals surface area contributed by atoms with Gasteiger partial charge in [0.2, 0.25) is 5.91 Å². The summed E-state index contributed by atoms with van der Waals surface area (Å²) in [6, 6.07) is 15.3. The number of hydrogen-bond donors (Lipinski definition) is 2. The van der Waals surface area contributed by atoms with Crippen LogP contribution in [0, 0.1) is 0 Å². The van der Waals surface area contributed by atoms with Gasteiger partial charge in [0, 0.05) is 21.4 Å². The minimum absolute atomic E-state index is 0.0415. The highest BCUT2D eigenvalue weighted by Gasteiger charge is 2.10. The first kappa shape index (κ1) is 16.2. The van der Waals surface area contributed by atoms with Gasteiger partial charge in [0.05, 0.1) is 5.69 Å². The lowest BCUT2D eigenvalue weighted by Gasteiger charge is -2.12. The first-order valence-corrected chi connectivity index (χ1v) is 8.20. The van der Waals surface area contributed by atoms with Gasteiger partial charge in [-0.25, -0.2) is 0 Å². The van der Waals surface area contributed by atoms with Crippen molar-refractivity contribution in [2.45, 2.75) is 18.9 Å². The van der Waals surface area contributed by atoms with Gasteiger partial charge >= 0.3 is 0 Å². The number of halogens is 2. The fourth-order valence-corrected chi connectivity index (χ4v) is 2.67. The molecule has 110 valence electrons. The summed E-state index contributed by atoms with van der Waals surface area (Å²) in [6.07, 6.45) is 0.997. The fourth-order valence-electron chi connectivity index (χ4n) is 1.96. The molecule has 0 aromatic heterocycles. The van der Waals surface area contributed by atoms with E-state index in [0.29, 0.717) is 12.8 Å². The van der Waals surface area contributed by atoms with Crippen LogP contribution in [-0.4, -0.2) is 5.91 Å². The van der Waals surface area contributed by atoms with Crippen LogP contribution in [0.4, 0.5) is 5.69 Å². The molecule has 0 aliphatic heterocycles. The SMILES string of the molecule is NC(CCC(=O)Nc1cc(Br)ccc1Br)c1ccccc1. The maximum atomic E-state index is 12.0. The Bertz CT molecular complexity index is 617. The van der Waals surface area contributed by atoms with E-state index in [0.717, 1.165) is 20.2 Å². The standard InChI is InChI=1S/C16H16Br2N2O/c17-12-6-7-13(18)15(10-12)20-16(21)9-8-14(19)11-4-2-1-3-5-11/h1-7,10,14H,8-9,19H2,(H,20,21). The lowest BCUT2D eigenvalue weighted by Crippen LogP contribution is -2.16. The molecular weight excluding hydrogens is 396 g/mol. The van der Waals surface area contributed by atoms with Gasteiger partial charge in [-0.1, -0.05) is 46.3 Å². The van der Waals surface area contributed by atoms with Gasteiger partial charge in [-0.05, 0) is 46.1 Å². The van der Waals surface area contributed by atoms with Crippen molar-refractivity contribution in [2.75, 3.05) is 5.32 Å². The zero-order chi connectivity index (χ0) is 15.2. The van der Waals surface area contributed by atoms with Gasteiger partial charge < -0.3 is 11.1 Å². The number of benzene rings is 2. The summed E-state index contributed by atoms with van der Waals surface area (Å²) in [5.74, 6) is -0.0415. The highest BCUT2D eigenvalue weighted by Crippen LogP contribution is 2.26. The molecule has 0 saturated heterocycles. The number of rotatable bonds is 5. The van der Waals surface area contributed by atoms with E-state index in [4.69, 9.17) is 5.73 Å². The lowest BCUT2D eigenvalue weighted by molar-refractivity contribution is -0.116. The van der Waals surface area contributed by atoms with Crippen LogP contribution in [0.3, 0.4) is 0 Å². The van der Waals surface area contributed by atoms with Crippen LogP contribution in [0.15, 0.2) is 57.5 Å². The number of nitrogens with one attached hydrogen (secondary N) is 1. The Labute approximate surface area is 141 Å². The van der Waals surface area contributed by atoms with Gasteiger partial charge in [0.15, 0.2) is 0 Å². The van der Waals surface area contributed by atoms with Gasteiger partial charge in [0.25, 0.3) is 0 Å². The quantitative estimate of drug-likeness (QED) is 0.753. The van der Waals surface area contributed by atoms with Gasteiger partial charge in [-0.15, -0.1) is 0 Å². The summed E-state index contributed by atoms with van der Waals surface area (Å²) in [6.45, 7) is 0. The predicted molar refractivity (Wildman–Crippen MR) is 93.1 cm³/mol. The molecule has 0 aliphatic rings. The molecule has 0 spiro atoms. The second-order valence-corrected chi connectivity index (χ2v) is 6.50. The first-order chi connectivity index (χ1) is 10.1. The van der Waals surface area contributed by atoms with Crippen molar-refractivity contribution in [3.63, 3.8) is 0 Å². The Balaban J connectivity index is 1.89. The Morgan fingerprint density at radius 3 is 2.57 bits per heavy atom. The molecule has 3 N–H and O–H groups in total. The monoisotopic (exact) mass is 410 g/mol. The van der Waals surface area contributed by atoms with Crippen LogP contribution in [-0.2, 0) is 4.79 Å². The van der Waals surface area contributed by atoms with Gasteiger partial charge in [0.1, 0.15) is 0 Å². The summed E-state index contributed by atoms with van der Waals surface area (Å²) in [5.41, 5.74) is 7.90. The molecular formula is C16H16Br2N2O. The molecule has 0 fully saturated rings. The highest BCUT2D eigenvalue weighted by atomic mass is 79.9. The molecule has 0 bridgehead atoms. The van der Waals surface area contributed by atoms with E-state index in [9.17, 15) is 4.79 Å². The van der Waals surface area contributed by atoms with Crippen molar-refractivity contribution in [1.82, 2.24) is 0 Å². The molecule has 1 atom stereocenters. The molecule has 2 rings (SSSR count). The second-order valence-electron chi connectivity index (χ2n) is 4.73. The van der Waals surface area contributed by atoms with Gasteiger partial charge in [-0.2, -0.15) is 0 Å². The van der Waals surface area contributed by atoms with Crippen LogP contribution < -0.4 is 11.1 Å². The molecule has 0 saturated carbocycles. The average Bonchev–Trinajstić information content (AvgIpc) is 2.49. The second kappa shape index (κ2) is 7.73. The fraction of sp³-hybridized carbons (Fsp3) is 0.188. The van der Waals surface area contributed by atoms with E-state index in [1.165, 1.54) is 0 Å². The van der Waals surface area contributed by atoms with Crippen molar-refractivity contribution in [1.29, 1.82) is 0 Å². The molecule has 21 heavy (non-hydrogen) atoms. The molecule has 2 aromatic rings. The molecule has 0 heterocycles. The zero-order valence-electron chi connectivity index (χ0n) is 11.4. The predicted octanol–water partition coefficient (Wildman–Crippen LogP) is 4.63. The van der Waals surface area contributed by atoms with Crippen molar-refractivity contribution in [2.24, 2.45) is 5.73 Å². The number of anilines is 1. The molecule has 1 amide bonds. The molecule has 0 radical (unpaired) electrons. The lowest BCUT2D eigenvalue weighted by atomic mass is 10.0. The zero-order valence-corrected chi connectivity index (χ0v) is 14.5. The third-order valence-electron chi connectivity index (χ3n) is 3.11. The summed E-state index contributed by atoms with van der Waals surface area (Å²) in [7, 11) is 0. The van der Waals surface area contributed by atoms with E-state index < -0.39 is 0 Å². The van der Waals surface area contributed by atoms with E-state index >= 15 is 0 Å². The molecule has 1 unspecified atom stereocenters.